The molecule has 1 atom stereocenters. The van der Waals surface area contributed by atoms with Crippen molar-refractivity contribution in [1.29, 1.82) is 5.26 Å². The SMILES string of the molecule is N#Cc1ccc(N2C(=O)CC(N(Cc3cccs3)C(=O)Cc3ccc(Cl)cc3)C2=O)cc1. The molecule has 1 aliphatic heterocycles. The minimum atomic E-state index is -0.889. The zero-order valence-corrected chi connectivity index (χ0v) is 18.5. The Morgan fingerprint density at radius 1 is 1.12 bits per heavy atom. The predicted octanol–water partition coefficient (Wildman–Crippen LogP) is 4.18. The second-order valence-electron chi connectivity index (χ2n) is 7.35. The fourth-order valence-electron chi connectivity index (χ4n) is 3.64. The van der Waals surface area contributed by atoms with Crippen molar-refractivity contribution in [2.24, 2.45) is 0 Å². The van der Waals surface area contributed by atoms with Crippen LogP contribution in [0.25, 0.3) is 0 Å². The predicted molar refractivity (Wildman–Crippen MR) is 122 cm³/mol. The highest BCUT2D eigenvalue weighted by molar-refractivity contribution is 7.09. The molecule has 0 radical (unpaired) electrons. The lowest BCUT2D eigenvalue weighted by Gasteiger charge is -2.27. The summed E-state index contributed by atoms with van der Waals surface area (Å²) in [7, 11) is 0. The molecule has 1 fully saturated rings. The molecule has 0 saturated carbocycles. The number of amides is 3. The summed E-state index contributed by atoms with van der Waals surface area (Å²) in [5, 5.41) is 11.5. The number of hydrogen-bond acceptors (Lipinski definition) is 5. The van der Waals surface area contributed by atoms with Gasteiger partial charge in [0.25, 0.3) is 5.91 Å². The van der Waals surface area contributed by atoms with Crippen LogP contribution in [0.15, 0.2) is 66.0 Å². The van der Waals surface area contributed by atoms with E-state index in [0.717, 1.165) is 15.3 Å². The van der Waals surface area contributed by atoms with Gasteiger partial charge in [0.15, 0.2) is 0 Å². The molecule has 0 aliphatic carbocycles. The number of hydrogen-bond donors (Lipinski definition) is 0. The molecule has 0 spiro atoms. The average molecular weight is 464 g/mol. The molecule has 32 heavy (non-hydrogen) atoms. The van der Waals surface area contributed by atoms with Gasteiger partial charge < -0.3 is 4.90 Å². The maximum atomic E-state index is 13.3. The number of halogens is 1. The molecule has 160 valence electrons. The molecular formula is C24H18ClN3O3S. The van der Waals surface area contributed by atoms with Gasteiger partial charge in [0.05, 0.1) is 36.7 Å². The fourth-order valence-corrected chi connectivity index (χ4v) is 4.47. The van der Waals surface area contributed by atoms with E-state index >= 15 is 0 Å². The molecule has 3 amide bonds. The Bertz CT molecular complexity index is 1180. The highest BCUT2D eigenvalue weighted by Crippen LogP contribution is 2.28. The van der Waals surface area contributed by atoms with Crippen LogP contribution in [-0.4, -0.2) is 28.7 Å². The Labute approximate surface area is 194 Å². The molecule has 2 heterocycles. The lowest BCUT2D eigenvalue weighted by molar-refractivity contribution is -0.138. The molecule has 3 aromatic rings. The van der Waals surface area contributed by atoms with Crippen molar-refractivity contribution in [3.8, 4) is 6.07 Å². The number of rotatable bonds is 6. The number of nitrogens with zero attached hydrogens (tertiary/aromatic N) is 3. The van der Waals surface area contributed by atoms with Gasteiger partial charge >= 0.3 is 0 Å². The number of carbonyl (C=O) groups excluding carboxylic acids is 3. The van der Waals surface area contributed by atoms with Crippen molar-refractivity contribution in [3.05, 3.63) is 87.1 Å². The van der Waals surface area contributed by atoms with Crippen LogP contribution in [0.2, 0.25) is 5.02 Å². The van der Waals surface area contributed by atoms with Crippen LogP contribution in [-0.2, 0) is 27.3 Å². The third kappa shape index (κ3) is 4.57. The van der Waals surface area contributed by atoms with Crippen molar-refractivity contribution in [2.75, 3.05) is 4.90 Å². The Morgan fingerprint density at radius 3 is 2.47 bits per heavy atom. The summed E-state index contributed by atoms with van der Waals surface area (Å²) >= 11 is 7.43. The molecule has 4 rings (SSSR count). The minimum Gasteiger partial charge on any atom is -0.325 e. The van der Waals surface area contributed by atoms with Gasteiger partial charge in [-0.05, 0) is 53.4 Å². The molecule has 8 heteroatoms. The summed E-state index contributed by atoms with van der Waals surface area (Å²) in [5.74, 6) is -1.06. The third-order valence-electron chi connectivity index (χ3n) is 5.25. The molecule has 0 bridgehead atoms. The van der Waals surface area contributed by atoms with Gasteiger partial charge in [0.2, 0.25) is 11.8 Å². The quantitative estimate of drug-likeness (QED) is 0.513. The Morgan fingerprint density at radius 2 is 1.84 bits per heavy atom. The van der Waals surface area contributed by atoms with E-state index in [1.54, 1.807) is 48.5 Å². The highest BCUT2D eigenvalue weighted by Gasteiger charge is 2.44. The lowest BCUT2D eigenvalue weighted by Crippen LogP contribution is -2.45. The summed E-state index contributed by atoms with van der Waals surface area (Å²) in [6, 6.07) is 18.1. The number of nitriles is 1. The summed E-state index contributed by atoms with van der Waals surface area (Å²) in [6.07, 6.45) is 0.00789. The Balaban J connectivity index is 1.60. The fraction of sp³-hybridized carbons (Fsp3) is 0.167. The van der Waals surface area contributed by atoms with Crippen molar-refractivity contribution in [1.82, 2.24) is 4.90 Å². The van der Waals surface area contributed by atoms with E-state index < -0.39 is 11.9 Å². The maximum absolute atomic E-state index is 13.3. The summed E-state index contributed by atoms with van der Waals surface area (Å²) in [6.45, 7) is 0.245. The van der Waals surface area contributed by atoms with Gasteiger partial charge in [-0.25, -0.2) is 4.90 Å². The molecule has 6 nitrogen and oxygen atoms in total. The van der Waals surface area contributed by atoms with Crippen molar-refractivity contribution in [3.63, 3.8) is 0 Å². The normalized spacial score (nSPS) is 15.6. The van der Waals surface area contributed by atoms with Gasteiger partial charge in [0, 0.05) is 9.90 Å². The zero-order valence-electron chi connectivity index (χ0n) is 16.9. The second kappa shape index (κ2) is 9.35. The minimum absolute atomic E-state index is 0.0867. The van der Waals surface area contributed by atoms with Gasteiger partial charge in [0.1, 0.15) is 6.04 Å². The molecule has 1 aromatic heterocycles. The van der Waals surface area contributed by atoms with Crippen molar-refractivity contribution in [2.45, 2.75) is 25.4 Å². The lowest BCUT2D eigenvalue weighted by atomic mass is 10.1. The van der Waals surface area contributed by atoms with Crippen LogP contribution < -0.4 is 4.90 Å². The van der Waals surface area contributed by atoms with E-state index in [9.17, 15) is 14.4 Å². The number of anilines is 1. The van der Waals surface area contributed by atoms with E-state index in [4.69, 9.17) is 16.9 Å². The van der Waals surface area contributed by atoms with Crippen LogP contribution in [0, 0.1) is 11.3 Å². The van der Waals surface area contributed by atoms with Crippen LogP contribution >= 0.6 is 22.9 Å². The summed E-state index contributed by atoms with van der Waals surface area (Å²) < 4.78 is 0. The number of carbonyl (C=O) groups is 3. The van der Waals surface area contributed by atoms with Crippen molar-refractivity contribution < 1.29 is 14.4 Å². The van der Waals surface area contributed by atoms with E-state index in [-0.39, 0.29) is 31.2 Å². The third-order valence-corrected chi connectivity index (χ3v) is 6.36. The smallest absolute Gasteiger partial charge is 0.257 e. The summed E-state index contributed by atoms with van der Waals surface area (Å²) in [5.41, 5.74) is 1.60. The topological polar surface area (TPSA) is 81.5 Å². The second-order valence-corrected chi connectivity index (χ2v) is 8.82. The van der Waals surface area contributed by atoms with Crippen molar-refractivity contribution >= 4 is 46.3 Å². The molecule has 1 unspecified atom stereocenters. The van der Waals surface area contributed by atoms with Crippen LogP contribution in [0.1, 0.15) is 22.4 Å². The zero-order chi connectivity index (χ0) is 22.7. The standard InChI is InChI=1S/C24H18ClN3O3S/c25-18-7-3-16(4-8-18)12-22(29)27(15-20-2-1-11-32-20)21-13-23(30)28(24(21)31)19-9-5-17(14-26)6-10-19/h1-11,21H,12-13,15H2. The Hall–Kier alpha value is -3.47. The molecular weight excluding hydrogens is 446 g/mol. The summed E-state index contributed by atoms with van der Waals surface area (Å²) in [4.78, 5) is 42.8. The van der Waals surface area contributed by atoms with Gasteiger partial charge in [-0.1, -0.05) is 29.8 Å². The van der Waals surface area contributed by atoms with Crippen LogP contribution in [0.3, 0.4) is 0 Å². The number of thiophene rings is 1. The first-order valence-corrected chi connectivity index (χ1v) is 11.2. The molecule has 1 aliphatic rings. The molecule has 2 aromatic carbocycles. The maximum Gasteiger partial charge on any atom is 0.257 e. The number of imide groups is 1. The van der Waals surface area contributed by atoms with Gasteiger partial charge in [-0.2, -0.15) is 5.26 Å². The van der Waals surface area contributed by atoms with Crippen LogP contribution in [0.4, 0.5) is 5.69 Å². The van der Waals surface area contributed by atoms with Gasteiger partial charge in [-0.3, -0.25) is 14.4 Å². The molecule has 0 N–H and O–H groups in total. The van der Waals surface area contributed by atoms with E-state index in [0.29, 0.717) is 16.3 Å². The monoisotopic (exact) mass is 463 g/mol. The number of benzene rings is 2. The van der Waals surface area contributed by atoms with E-state index in [1.807, 2.05) is 23.6 Å². The van der Waals surface area contributed by atoms with E-state index in [2.05, 4.69) is 0 Å². The van der Waals surface area contributed by atoms with Gasteiger partial charge in [-0.15, -0.1) is 11.3 Å². The first-order valence-electron chi connectivity index (χ1n) is 9.89. The Kier molecular flexibility index (Phi) is 6.35. The first-order chi connectivity index (χ1) is 15.5. The average Bonchev–Trinajstić information content (AvgIpc) is 3.41. The highest BCUT2D eigenvalue weighted by atomic mass is 35.5. The largest absolute Gasteiger partial charge is 0.325 e. The molecule has 1 saturated heterocycles. The first kappa shape index (κ1) is 21.8. The van der Waals surface area contributed by atoms with E-state index in [1.165, 1.54) is 16.2 Å². The van der Waals surface area contributed by atoms with Crippen LogP contribution in [0.5, 0.6) is 0 Å².